The van der Waals surface area contributed by atoms with Crippen LogP contribution in [0.25, 0.3) is 0 Å². The third-order valence-electron chi connectivity index (χ3n) is 3.29. The Labute approximate surface area is 152 Å². The highest BCUT2D eigenvalue weighted by Gasteiger charge is 2.36. The number of aliphatic hydroxyl groups is 4. The number of hydrogen-bond donors (Lipinski definition) is 6. The molecule has 0 spiro atoms. The predicted molar refractivity (Wildman–Crippen MR) is 96.0 cm³/mol. The highest BCUT2D eigenvalue weighted by atomic mass is 16.7. The number of methoxy groups -OCH3 is 1. The first kappa shape index (κ1) is 26.9. The van der Waals surface area contributed by atoms with Crippen LogP contribution in [0, 0.1) is 0 Å². The molecule has 0 amide bonds. The van der Waals surface area contributed by atoms with Crippen LogP contribution in [-0.4, -0.2) is 89.6 Å². The molecule has 1 heterocycles. The summed E-state index contributed by atoms with van der Waals surface area (Å²) in [5.41, 5.74) is 8.95. The molecule has 25 heavy (non-hydrogen) atoms. The van der Waals surface area contributed by atoms with E-state index >= 15 is 0 Å². The topological polar surface area (TPSA) is 161 Å². The Morgan fingerprint density at radius 1 is 1.00 bits per heavy atom. The van der Waals surface area contributed by atoms with E-state index in [9.17, 15) is 0 Å². The molecule has 9 heteroatoms. The quantitative estimate of drug-likeness (QED) is 0.351. The van der Waals surface area contributed by atoms with Gasteiger partial charge >= 0.3 is 1.43 Å². The minimum atomic E-state index is -1.21. The van der Waals surface area contributed by atoms with Crippen molar-refractivity contribution in [3.8, 4) is 0 Å². The maximum Gasteiger partial charge on any atom is 1.00 e. The van der Waals surface area contributed by atoms with E-state index in [1.165, 1.54) is 0 Å². The Balaban J connectivity index is -0.000000316. The normalized spacial score (nSPS) is 19.2. The van der Waals surface area contributed by atoms with Crippen LogP contribution < -0.4 is 11.5 Å². The molecular weight excluding hydrogens is 332 g/mol. The molecule has 1 aliphatic heterocycles. The fraction of sp³-hybridized carbons (Fsp3) is 1.00. The van der Waals surface area contributed by atoms with Gasteiger partial charge in [0.1, 0.15) is 0 Å². The third kappa shape index (κ3) is 13.5. The van der Waals surface area contributed by atoms with Gasteiger partial charge in [0.2, 0.25) is 0 Å². The molecule has 0 bridgehead atoms. The van der Waals surface area contributed by atoms with E-state index in [4.69, 9.17) is 46.1 Å². The largest absolute Gasteiger partial charge is 1.00 e. The minimum absolute atomic E-state index is 0. The zero-order valence-electron chi connectivity index (χ0n) is 17.4. The molecule has 0 atom stereocenters. The van der Waals surface area contributed by atoms with Crippen molar-refractivity contribution in [3.05, 3.63) is 0 Å². The third-order valence-corrected chi connectivity index (χ3v) is 3.29. The molecule has 1 aliphatic rings. The van der Waals surface area contributed by atoms with Crippen LogP contribution in [-0.2, 0) is 14.2 Å². The lowest BCUT2D eigenvalue weighted by atomic mass is 10.0. The van der Waals surface area contributed by atoms with Crippen molar-refractivity contribution in [2.45, 2.75) is 57.1 Å². The van der Waals surface area contributed by atoms with Gasteiger partial charge in [0.15, 0.2) is 5.79 Å². The molecule has 0 radical (unpaired) electrons. The molecule has 0 aromatic rings. The van der Waals surface area contributed by atoms with Crippen LogP contribution in [0.15, 0.2) is 0 Å². The summed E-state index contributed by atoms with van der Waals surface area (Å²) in [6.07, 6.45) is 0. The molecule has 0 unspecified atom stereocenters. The fourth-order valence-corrected chi connectivity index (χ4v) is 0.960. The molecule has 1 saturated heterocycles. The smallest absolute Gasteiger partial charge is 0.394 e. The van der Waals surface area contributed by atoms with Crippen molar-refractivity contribution in [1.29, 1.82) is 0 Å². The molecule has 1 rings (SSSR count). The summed E-state index contributed by atoms with van der Waals surface area (Å²) in [5.74, 6) is -0.557. The molecule has 0 aromatic heterocycles. The second-order valence-electron chi connectivity index (χ2n) is 7.65. The molecule has 9 nitrogen and oxygen atoms in total. The average Bonchev–Trinajstić information content (AvgIpc) is 2.57. The summed E-state index contributed by atoms with van der Waals surface area (Å²) in [7, 11) is 1.71. The van der Waals surface area contributed by atoms with E-state index < -0.39 is 36.7 Å². The van der Waals surface area contributed by atoms with E-state index in [0.29, 0.717) is 13.2 Å². The second kappa shape index (κ2) is 11.4. The Bertz CT molecular complexity index is 330. The van der Waals surface area contributed by atoms with Gasteiger partial charge in [-0.3, -0.25) is 0 Å². The van der Waals surface area contributed by atoms with E-state index in [2.05, 4.69) is 0 Å². The van der Waals surface area contributed by atoms with Crippen molar-refractivity contribution in [2.75, 3.05) is 46.8 Å². The molecule has 1 fully saturated rings. The zero-order chi connectivity index (χ0) is 20.4. The SMILES string of the molecule is CC1(C)OCC(N)(CO)CO1.COC(C)(C)C.NC(CO)(CO)CO.[H+]. The summed E-state index contributed by atoms with van der Waals surface area (Å²) < 4.78 is 15.5. The minimum Gasteiger partial charge on any atom is -0.394 e. The van der Waals surface area contributed by atoms with Gasteiger partial charge in [-0.25, -0.2) is 0 Å². The maximum atomic E-state index is 8.84. The monoisotopic (exact) mass is 371 g/mol. The first-order valence-electron chi connectivity index (χ1n) is 8.06. The molecule has 0 aromatic carbocycles. The number of rotatable bonds is 4. The van der Waals surface area contributed by atoms with Gasteiger partial charge in [-0.2, -0.15) is 0 Å². The van der Waals surface area contributed by atoms with Gasteiger partial charge < -0.3 is 46.1 Å². The lowest BCUT2D eigenvalue weighted by Gasteiger charge is -2.40. The number of aliphatic hydroxyl groups excluding tert-OH is 4. The number of hydrogen-bond acceptors (Lipinski definition) is 9. The summed E-state index contributed by atoms with van der Waals surface area (Å²) in [6.45, 7) is 9.08. The van der Waals surface area contributed by atoms with Crippen molar-refractivity contribution in [2.24, 2.45) is 11.5 Å². The summed E-state index contributed by atoms with van der Waals surface area (Å²) >= 11 is 0. The summed E-state index contributed by atoms with van der Waals surface area (Å²) in [4.78, 5) is 0. The fourth-order valence-electron chi connectivity index (χ4n) is 0.960. The molecule has 0 aliphatic carbocycles. The van der Waals surface area contributed by atoms with Gasteiger partial charge in [0.05, 0.1) is 56.3 Å². The van der Waals surface area contributed by atoms with E-state index in [-0.39, 0.29) is 13.6 Å². The molecule has 154 valence electrons. The first-order valence-corrected chi connectivity index (χ1v) is 8.06. The summed E-state index contributed by atoms with van der Waals surface area (Å²) in [6, 6.07) is 0. The highest BCUT2D eigenvalue weighted by molar-refractivity contribution is 4.87. The highest BCUT2D eigenvalue weighted by Crippen LogP contribution is 2.21. The Morgan fingerprint density at radius 2 is 1.32 bits per heavy atom. The Hall–Kier alpha value is -0.360. The number of nitrogens with two attached hydrogens (primary N) is 2. The van der Waals surface area contributed by atoms with Crippen LogP contribution in [0.2, 0.25) is 0 Å². The Morgan fingerprint density at radius 3 is 1.48 bits per heavy atom. The van der Waals surface area contributed by atoms with Crippen molar-refractivity contribution < 1.29 is 36.1 Å². The van der Waals surface area contributed by atoms with E-state index in [1.807, 2.05) is 34.6 Å². The number of ether oxygens (including phenoxy) is 3. The average molecular weight is 371 g/mol. The molecule has 8 N–H and O–H groups in total. The van der Waals surface area contributed by atoms with Gasteiger partial charge in [-0.15, -0.1) is 0 Å². The van der Waals surface area contributed by atoms with Crippen molar-refractivity contribution >= 4 is 0 Å². The van der Waals surface area contributed by atoms with Gasteiger partial charge in [0.25, 0.3) is 0 Å². The standard InChI is InChI=1S/C7H15NO3.C5H12O.C4H11NO3/c1-6(2)10-4-7(8,3-9)5-11-6;1-5(2,3)6-4;5-4(1-6,2-7)3-8/h9H,3-5,8H2,1-2H3;1-4H3;6-8H,1-3,5H2/p+1. The second-order valence-corrected chi connectivity index (χ2v) is 7.65. The van der Waals surface area contributed by atoms with Crippen LogP contribution in [0.5, 0.6) is 0 Å². The molecule has 0 saturated carbocycles. The van der Waals surface area contributed by atoms with Crippen molar-refractivity contribution in [3.63, 3.8) is 0 Å². The zero-order valence-corrected chi connectivity index (χ0v) is 16.4. The van der Waals surface area contributed by atoms with E-state index in [0.717, 1.165) is 0 Å². The molecular formula is C16H39N2O7+. The van der Waals surface area contributed by atoms with Crippen molar-refractivity contribution in [1.82, 2.24) is 0 Å². The van der Waals surface area contributed by atoms with E-state index in [1.54, 1.807) is 7.11 Å². The van der Waals surface area contributed by atoms with Crippen LogP contribution in [0.1, 0.15) is 36.0 Å². The van der Waals surface area contributed by atoms with Gasteiger partial charge in [-0.1, -0.05) is 0 Å². The van der Waals surface area contributed by atoms with Crippen LogP contribution in [0.4, 0.5) is 0 Å². The van der Waals surface area contributed by atoms with Gasteiger partial charge in [-0.05, 0) is 34.6 Å². The lowest BCUT2D eigenvalue weighted by Crippen LogP contribution is -2.59. The van der Waals surface area contributed by atoms with Crippen LogP contribution in [0.3, 0.4) is 0 Å². The Kier molecular flexibility index (Phi) is 12.2. The predicted octanol–water partition coefficient (Wildman–Crippen LogP) is -1.34. The van der Waals surface area contributed by atoms with Crippen LogP contribution >= 0.6 is 0 Å². The van der Waals surface area contributed by atoms with Gasteiger partial charge in [0, 0.05) is 7.11 Å². The lowest BCUT2D eigenvalue weighted by molar-refractivity contribution is -0.270. The summed E-state index contributed by atoms with van der Waals surface area (Å²) in [5, 5.41) is 33.9. The maximum absolute atomic E-state index is 8.84. The first-order chi connectivity index (χ1) is 11.2.